The van der Waals surface area contributed by atoms with Crippen LogP contribution in [0.15, 0.2) is 35.4 Å². The highest BCUT2D eigenvalue weighted by Gasteiger charge is 2.12. The van der Waals surface area contributed by atoms with Crippen LogP contribution in [-0.4, -0.2) is 44.8 Å². The van der Waals surface area contributed by atoms with E-state index in [4.69, 9.17) is 11.6 Å². The van der Waals surface area contributed by atoms with E-state index >= 15 is 0 Å². The minimum Gasteiger partial charge on any atom is -0.289 e. The summed E-state index contributed by atoms with van der Waals surface area (Å²) in [5.74, 6) is 0.430. The Morgan fingerprint density at radius 2 is 1.92 bits per heavy atom. The van der Waals surface area contributed by atoms with Crippen LogP contribution in [0.1, 0.15) is 11.4 Å². The largest absolute Gasteiger partial charge is 0.289 e. The van der Waals surface area contributed by atoms with Crippen molar-refractivity contribution in [2.24, 2.45) is 7.05 Å². The average molecular weight is 372 g/mol. The molecule has 132 valence electrons. The Bertz CT molecular complexity index is 1110. The molecule has 1 aromatic carbocycles. The van der Waals surface area contributed by atoms with E-state index in [0.29, 0.717) is 28.6 Å². The molecule has 26 heavy (non-hydrogen) atoms. The Labute approximate surface area is 152 Å². The molecular formula is C15H14ClN9O. The average Bonchev–Trinajstić information content (AvgIpc) is 3.24. The zero-order valence-corrected chi connectivity index (χ0v) is 14.6. The van der Waals surface area contributed by atoms with Crippen molar-refractivity contribution in [3.8, 4) is 0 Å². The number of aryl methyl sites for hydroxylation is 3. The molecule has 0 aliphatic rings. The lowest BCUT2D eigenvalue weighted by Crippen LogP contribution is -2.23. The van der Waals surface area contributed by atoms with Gasteiger partial charge in [0.25, 0.3) is 5.56 Å². The lowest BCUT2D eigenvalue weighted by molar-refractivity contribution is 0.519. The lowest BCUT2D eigenvalue weighted by atomic mass is 10.1. The third-order valence-electron chi connectivity index (χ3n) is 3.91. The summed E-state index contributed by atoms with van der Waals surface area (Å²) in [5.41, 5.74) is 1.53. The summed E-state index contributed by atoms with van der Waals surface area (Å²) < 4.78 is 2.81. The van der Waals surface area contributed by atoms with Crippen LogP contribution < -0.4 is 5.56 Å². The molecule has 3 aromatic heterocycles. The van der Waals surface area contributed by atoms with Gasteiger partial charge < -0.3 is 0 Å². The number of benzene rings is 1. The zero-order chi connectivity index (χ0) is 18.1. The van der Waals surface area contributed by atoms with E-state index < -0.39 is 0 Å². The Morgan fingerprint density at radius 1 is 1.12 bits per heavy atom. The SMILES string of the molecule is Cn1nnc2ncn(Cc3nnn(CCc4ccc(Cl)cc4)n3)c(=O)c21. The van der Waals surface area contributed by atoms with E-state index in [1.807, 2.05) is 24.3 Å². The molecule has 4 rings (SSSR count). The predicted octanol–water partition coefficient (Wildman–Crippen LogP) is 0.456. The minimum absolute atomic E-state index is 0.175. The van der Waals surface area contributed by atoms with Gasteiger partial charge >= 0.3 is 0 Å². The molecule has 0 atom stereocenters. The summed E-state index contributed by atoms with van der Waals surface area (Å²) in [7, 11) is 1.65. The smallest absolute Gasteiger partial charge is 0.281 e. The molecule has 3 heterocycles. The number of fused-ring (bicyclic) bond motifs is 1. The molecule has 0 aliphatic heterocycles. The topological polar surface area (TPSA) is 109 Å². The summed E-state index contributed by atoms with van der Waals surface area (Å²) in [5, 5.41) is 20.7. The van der Waals surface area contributed by atoms with E-state index in [1.54, 1.807) is 7.05 Å². The first kappa shape index (κ1) is 16.3. The van der Waals surface area contributed by atoms with Gasteiger partial charge in [-0.1, -0.05) is 28.9 Å². The lowest BCUT2D eigenvalue weighted by Gasteiger charge is -2.02. The highest BCUT2D eigenvalue weighted by Crippen LogP contribution is 2.10. The maximum Gasteiger partial charge on any atom is 0.281 e. The van der Waals surface area contributed by atoms with Crippen LogP contribution in [0.5, 0.6) is 0 Å². The van der Waals surface area contributed by atoms with Crippen LogP contribution in [0.25, 0.3) is 11.2 Å². The molecule has 0 unspecified atom stereocenters. The van der Waals surface area contributed by atoms with Crippen molar-refractivity contribution < 1.29 is 0 Å². The van der Waals surface area contributed by atoms with E-state index in [9.17, 15) is 4.79 Å². The molecule has 0 saturated carbocycles. The van der Waals surface area contributed by atoms with Crippen LogP contribution in [0.3, 0.4) is 0 Å². The van der Waals surface area contributed by atoms with Gasteiger partial charge in [0.05, 0.1) is 13.1 Å². The van der Waals surface area contributed by atoms with Crippen LogP contribution >= 0.6 is 11.6 Å². The monoisotopic (exact) mass is 371 g/mol. The minimum atomic E-state index is -0.250. The molecular weight excluding hydrogens is 358 g/mol. The van der Waals surface area contributed by atoms with Crippen molar-refractivity contribution >= 4 is 22.8 Å². The molecule has 0 spiro atoms. The molecule has 11 heteroatoms. The number of halogens is 1. The second-order valence-corrected chi connectivity index (χ2v) is 6.18. The van der Waals surface area contributed by atoms with E-state index in [2.05, 4.69) is 30.7 Å². The first-order valence-electron chi connectivity index (χ1n) is 7.86. The van der Waals surface area contributed by atoms with E-state index in [-0.39, 0.29) is 12.1 Å². The fourth-order valence-electron chi connectivity index (χ4n) is 2.56. The standard InChI is InChI=1S/C15H14ClN9O/c1-23-13-14(19-21-23)17-9-24(15(13)26)8-12-18-22-25(20-12)7-6-10-2-4-11(16)5-3-10/h2-5,9H,6-8H2,1H3. The number of rotatable bonds is 5. The second kappa shape index (κ2) is 6.64. The van der Waals surface area contributed by atoms with Gasteiger partial charge in [0.1, 0.15) is 6.33 Å². The number of nitrogens with zero attached hydrogens (tertiary/aromatic N) is 9. The fraction of sp³-hybridized carbons (Fsp3) is 0.267. The van der Waals surface area contributed by atoms with Crippen molar-refractivity contribution in [3.63, 3.8) is 0 Å². The van der Waals surface area contributed by atoms with Crippen LogP contribution in [0, 0.1) is 0 Å². The van der Waals surface area contributed by atoms with E-state index in [0.717, 1.165) is 12.0 Å². The molecule has 0 aliphatic carbocycles. The number of hydrogen-bond acceptors (Lipinski definition) is 7. The van der Waals surface area contributed by atoms with Gasteiger partial charge in [0, 0.05) is 12.1 Å². The molecule has 0 bridgehead atoms. The Morgan fingerprint density at radius 3 is 2.73 bits per heavy atom. The first-order chi connectivity index (χ1) is 12.6. The van der Waals surface area contributed by atoms with Gasteiger partial charge in [0.2, 0.25) is 5.65 Å². The number of tetrazole rings is 1. The summed E-state index contributed by atoms with van der Waals surface area (Å²) in [4.78, 5) is 18.1. The van der Waals surface area contributed by atoms with Gasteiger partial charge in [-0.3, -0.25) is 9.36 Å². The Hall–Kier alpha value is -3.14. The normalized spacial score (nSPS) is 11.3. The predicted molar refractivity (Wildman–Crippen MR) is 92.6 cm³/mol. The van der Waals surface area contributed by atoms with Crippen LogP contribution in [0.4, 0.5) is 0 Å². The van der Waals surface area contributed by atoms with Crippen molar-refractivity contribution in [1.82, 2.24) is 44.8 Å². The van der Waals surface area contributed by atoms with Crippen LogP contribution in [0.2, 0.25) is 5.02 Å². The third-order valence-corrected chi connectivity index (χ3v) is 4.16. The van der Waals surface area contributed by atoms with Crippen LogP contribution in [-0.2, 0) is 26.6 Å². The van der Waals surface area contributed by atoms with Crippen molar-refractivity contribution in [1.29, 1.82) is 0 Å². The zero-order valence-electron chi connectivity index (χ0n) is 13.8. The fourth-order valence-corrected chi connectivity index (χ4v) is 2.69. The summed E-state index contributed by atoms with van der Waals surface area (Å²) in [6.45, 7) is 0.750. The molecule has 10 nitrogen and oxygen atoms in total. The van der Waals surface area contributed by atoms with Crippen molar-refractivity contribution in [2.75, 3.05) is 0 Å². The maximum absolute atomic E-state index is 12.5. The second-order valence-electron chi connectivity index (χ2n) is 5.74. The number of aromatic nitrogens is 9. The van der Waals surface area contributed by atoms with Crippen molar-refractivity contribution in [3.05, 3.63) is 57.4 Å². The molecule has 0 radical (unpaired) electrons. The third kappa shape index (κ3) is 3.18. The first-order valence-corrected chi connectivity index (χ1v) is 8.24. The quantitative estimate of drug-likeness (QED) is 0.501. The van der Waals surface area contributed by atoms with Gasteiger partial charge in [0.15, 0.2) is 11.3 Å². The summed E-state index contributed by atoms with van der Waals surface area (Å²) in [6.07, 6.45) is 2.16. The summed E-state index contributed by atoms with van der Waals surface area (Å²) in [6, 6.07) is 7.62. The van der Waals surface area contributed by atoms with Crippen molar-refractivity contribution in [2.45, 2.75) is 19.5 Å². The maximum atomic E-state index is 12.5. The Kier molecular flexibility index (Phi) is 4.17. The van der Waals surface area contributed by atoms with E-state index in [1.165, 1.54) is 20.4 Å². The number of hydrogen-bond donors (Lipinski definition) is 0. The highest BCUT2D eigenvalue weighted by molar-refractivity contribution is 6.30. The molecule has 0 saturated heterocycles. The van der Waals surface area contributed by atoms with Gasteiger partial charge in [-0.05, 0) is 29.3 Å². The van der Waals surface area contributed by atoms with Gasteiger partial charge in [-0.15, -0.1) is 15.3 Å². The molecule has 0 amide bonds. The molecule has 0 fully saturated rings. The Balaban J connectivity index is 1.48. The van der Waals surface area contributed by atoms with Gasteiger partial charge in [-0.25, -0.2) is 9.67 Å². The summed E-state index contributed by atoms with van der Waals surface area (Å²) >= 11 is 5.88. The molecule has 0 N–H and O–H groups in total. The van der Waals surface area contributed by atoms with Gasteiger partial charge in [-0.2, -0.15) is 4.80 Å². The molecule has 4 aromatic rings. The highest BCUT2D eigenvalue weighted by atomic mass is 35.5.